The number of nitrogens with zero attached hydrogens (tertiary/aromatic N) is 1. The molecule has 0 atom stereocenters. The fourth-order valence-electron chi connectivity index (χ4n) is 7.60. The predicted octanol–water partition coefficient (Wildman–Crippen LogP) is 14.1. The Hall–Kier alpha value is -6.70. The molecule has 0 fully saturated rings. The Labute approximate surface area is 299 Å². The van der Waals surface area contributed by atoms with E-state index < -0.39 is 0 Å². The predicted molar refractivity (Wildman–Crippen MR) is 218 cm³/mol. The third-order valence-corrected chi connectivity index (χ3v) is 9.85. The maximum absolute atomic E-state index is 2.42. The van der Waals surface area contributed by atoms with Gasteiger partial charge in [0.15, 0.2) is 0 Å². The molecule has 240 valence electrons. The average molecular weight is 650 g/mol. The molecule has 51 heavy (non-hydrogen) atoms. The molecule has 0 amide bonds. The summed E-state index contributed by atoms with van der Waals surface area (Å²) in [6.45, 7) is 0. The van der Waals surface area contributed by atoms with Crippen LogP contribution in [0.25, 0.3) is 66.1 Å². The lowest BCUT2D eigenvalue weighted by molar-refractivity contribution is 1.28. The lowest BCUT2D eigenvalue weighted by Crippen LogP contribution is -2.12. The van der Waals surface area contributed by atoms with Gasteiger partial charge in [-0.25, -0.2) is 0 Å². The van der Waals surface area contributed by atoms with Gasteiger partial charge in [0.05, 0.1) is 11.4 Å². The molecule has 0 aliphatic carbocycles. The number of anilines is 3. The van der Waals surface area contributed by atoms with Crippen LogP contribution in [-0.2, 0) is 0 Å². The molecule has 9 aromatic rings. The van der Waals surface area contributed by atoms with Crippen LogP contribution in [0.2, 0.25) is 0 Å². The third kappa shape index (κ3) is 5.56. The Morgan fingerprint density at radius 3 is 1.25 bits per heavy atom. The highest BCUT2D eigenvalue weighted by molar-refractivity contribution is 6.22. The van der Waals surface area contributed by atoms with Crippen LogP contribution in [0.4, 0.5) is 17.1 Å². The van der Waals surface area contributed by atoms with Crippen LogP contribution in [0.5, 0.6) is 0 Å². The molecule has 0 heterocycles. The third-order valence-electron chi connectivity index (χ3n) is 9.85. The van der Waals surface area contributed by atoms with Crippen molar-refractivity contribution in [2.24, 2.45) is 0 Å². The summed E-state index contributed by atoms with van der Waals surface area (Å²) in [7, 11) is 0. The van der Waals surface area contributed by atoms with Crippen molar-refractivity contribution in [3.05, 3.63) is 212 Å². The Bertz CT molecular complexity index is 2610. The van der Waals surface area contributed by atoms with E-state index in [-0.39, 0.29) is 0 Å². The van der Waals surface area contributed by atoms with E-state index >= 15 is 0 Å². The zero-order valence-corrected chi connectivity index (χ0v) is 28.2. The normalized spacial score (nSPS) is 11.1. The first kappa shape index (κ1) is 30.4. The van der Waals surface area contributed by atoms with Gasteiger partial charge in [-0.3, -0.25) is 0 Å². The zero-order chi connectivity index (χ0) is 34.0. The lowest BCUT2D eigenvalue weighted by atomic mass is 9.84. The molecule has 0 N–H and O–H groups in total. The molecular formula is C50H35N. The van der Waals surface area contributed by atoms with Crippen LogP contribution in [0.3, 0.4) is 0 Å². The first-order chi connectivity index (χ1) is 25.3. The molecule has 0 aliphatic rings. The van der Waals surface area contributed by atoms with Gasteiger partial charge in [-0.1, -0.05) is 182 Å². The van der Waals surface area contributed by atoms with Gasteiger partial charge < -0.3 is 4.90 Å². The molecule has 0 aromatic heterocycles. The summed E-state index contributed by atoms with van der Waals surface area (Å²) in [5.74, 6) is 0. The van der Waals surface area contributed by atoms with Crippen LogP contribution in [0.15, 0.2) is 212 Å². The minimum Gasteiger partial charge on any atom is -0.309 e. The first-order valence-corrected chi connectivity index (χ1v) is 17.5. The summed E-state index contributed by atoms with van der Waals surface area (Å²) in [5, 5.41) is 5.01. The Kier molecular flexibility index (Phi) is 7.92. The molecule has 1 heteroatoms. The highest BCUT2D eigenvalue weighted by atomic mass is 15.1. The average Bonchev–Trinajstić information content (AvgIpc) is 3.22. The van der Waals surface area contributed by atoms with Crippen molar-refractivity contribution in [2.45, 2.75) is 0 Å². The highest BCUT2D eigenvalue weighted by Gasteiger charge is 2.22. The minimum absolute atomic E-state index is 1.11. The molecule has 0 aliphatic heterocycles. The fourth-order valence-corrected chi connectivity index (χ4v) is 7.60. The minimum atomic E-state index is 1.11. The van der Waals surface area contributed by atoms with Gasteiger partial charge in [0, 0.05) is 16.8 Å². The smallest absolute Gasteiger partial charge is 0.0540 e. The summed E-state index contributed by atoms with van der Waals surface area (Å²) < 4.78 is 0. The van der Waals surface area contributed by atoms with Crippen LogP contribution in [0, 0.1) is 0 Å². The topological polar surface area (TPSA) is 3.24 Å². The van der Waals surface area contributed by atoms with Gasteiger partial charge >= 0.3 is 0 Å². The van der Waals surface area contributed by atoms with Gasteiger partial charge in [-0.05, 0) is 85.3 Å². The molecule has 0 saturated heterocycles. The molecular weight excluding hydrogens is 615 g/mol. The number of benzene rings is 9. The number of rotatable bonds is 7. The van der Waals surface area contributed by atoms with Crippen molar-refractivity contribution in [2.75, 3.05) is 4.90 Å². The van der Waals surface area contributed by atoms with Crippen molar-refractivity contribution in [1.29, 1.82) is 0 Å². The lowest BCUT2D eigenvalue weighted by Gasteiger charge is -2.30. The van der Waals surface area contributed by atoms with E-state index in [0.717, 1.165) is 17.1 Å². The van der Waals surface area contributed by atoms with Gasteiger partial charge in [0.2, 0.25) is 0 Å². The summed E-state index contributed by atoms with van der Waals surface area (Å²) in [6.07, 6.45) is 0. The maximum atomic E-state index is 2.42. The van der Waals surface area contributed by atoms with Crippen molar-refractivity contribution in [3.8, 4) is 44.5 Å². The number of fused-ring (bicyclic) bond motifs is 3. The Morgan fingerprint density at radius 1 is 0.255 bits per heavy atom. The van der Waals surface area contributed by atoms with Gasteiger partial charge in [0.1, 0.15) is 0 Å². The van der Waals surface area contributed by atoms with E-state index in [1.807, 2.05) is 0 Å². The Morgan fingerprint density at radius 2 is 0.667 bits per heavy atom. The Balaban J connectivity index is 1.33. The van der Waals surface area contributed by atoms with E-state index in [9.17, 15) is 0 Å². The molecule has 9 aromatic carbocycles. The number of para-hydroxylation sites is 3. The molecule has 1 nitrogen and oxygen atoms in total. The van der Waals surface area contributed by atoms with Crippen molar-refractivity contribution in [3.63, 3.8) is 0 Å². The maximum Gasteiger partial charge on any atom is 0.0540 e. The standard InChI is InChI=1S/C50H35N/c1-5-19-36(20-6-1)41-27-15-17-31-47(41)51(40-25-11-4-12-26-40)48-32-18-16-28-42(48)39-33-34-44-43-29-13-14-30-45(43)49(37-21-7-2-8-22-37)50(46(44)35-39)38-23-9-3-10-24-38/h1-35H. The monoisotopic (exact) mass is 649 g/mol. The van der Waals surface area contributed by atoms with Crippen LogP contribution >= 0.6 is 0 Å². The van der Waals surface area contributed by atoms with Crippen LogP contribution in [0.1, 0.15) is 0 Å². The SMILES string of the molecule is c1ccc(-c2ccccc2N(c2ccccc2)c2ccccc2-c2ccc3c(c2)c(-c2ccccc2)c(-c2ccccc2)c2ccccc23)cc1. The summed E-state index contributed by atoms with van der Waals surface area (Å²) in [4.78, 5) is 2.41. The first-order valence-electron chi connectivity index (χ1n) is 17.5. The summed E-state index contributed by atoms with van der Waals surface area (Å²) in [5.41, 5.74) is 13.0. The largest absolute Gasteiger partial charge is 0.309 e. The van der Waals surface area contributed by atoms with Gasteiger partial charge in [-0.2, -0.15) is 0 Å². The zero-order valence-electron chi connectivity index (χ0n) is 28.2. The van der Waals surface area contributed by atoms with E-state index in [2.05, 4.69) is 217 Å². The van der Waals surface area contributed by atoms with Crippen molar-refractivity contribution < 1.29 is 0 Å². The molecule has 0 spiro atoms. The van der Waals surface area contributed by atoms with Crippen LogP contribution < -0.4 is 4.90 Å². The van der Waals surface area contributed by atoms with E-state index in [1.165, 1.54) is 66.1 Å². The van der Waals surface area contributed by atoms with Gasteiger partial charge in [0.25, 0.3) is 0 Å². The van der Waals surface area contributed by atoms with Crippen molar-refractivity contribution in [1.82, 2.24) is 0 Å². The van der Waals surface area contributed by atoms with Crippen molar-refractivity contribution >= 4 is 38.6 Å². The number of hydrogen-bond acceptors (Lipinski definition) is 1. The quantitative estimate of drug-likeness (QED) is 0.155. The molecule has 0 radical (unpaired) electrons. The van der Waals surface area contributed by atoms with E-state index in [0.29, 0.717) is 0 Å². The summed E-state index contributed by atoms with van der Waals surface area (Å²) in [6, 6.07) is 76.6. The van der Waals surface area contributed by atoms with E-state index in [4.69, 9.17) is 0 Å². The molecule has 9 rings (SSSR count). The van der Waals surface area contributed by atoms with E-state index in [1.54, 1.807) is 0 Å². The molecule has 0 unspecified atom stereocenters. The number of hydrogen-bond donors (Lipinski definition) is 0. The highest BCUT2D eigenvalue weighted by Crippen LogP contribution is 2.48. The van der Waals surface area contributed by atoms with Crippen LogP contribution in [-0.4, -0.2) is 0 Å². The summed E-state index contributed by atoms with van der Waals surface area (Å²) >= 11 is 0. The van der Waals surface area contributed by atoms with Gasteiger partial charge in [-0.15, -0.1) is 0 Å². The second-order valence-corrected chi connectivity index (χ2v) is 12.9. The second kappa shape index (κ2) is 13.3. The second-order valence-electron chi connectivity index (χ2n) is 12.9. The fraction of sp³-hybridized carbons (Fsp3) is 0. The molecule has 0 bridgehead atoms. The molecule has 0 saturated carbocycles.